The molecule has 0 saturated carbocycles. The number of halogens is 1. The summed E-state index contributed by atoms with van der Waals surface area (Å²) < 4.78 is 22.6. The van der Waals surface area contributed by atoms with Gasteiger partial charge in [0.2, 0.25) is 12.7 Å². The van der Waals surface area contributed by atoms with Crippen molar-refractivity contribution in [2.75, 3.05) is 25.3 Å². The quantitative estimate of drug-likeness (QED) is 0.726. The number of hydrogen-bond donors (Lipinski definition) is 1. The summed E-state index contributed by atoms with van der Waals surface area (Å²) in [6.45, 7) is 5.08. The minimum atomic E-state index is -0.142. The van der Waals surface area contributed by atoms with Gasteiger partial charge in [0.15, 0.2) is 23.0 Å². The summed E-state index contributed by atoms with van der Waals surface area (Å²) in [6, 6.07) is 8.97. The molecular formula is C19H20BrNO5. The predicted molar refractivity (Wildman–Crippen MR) is 101 cm³/mol. The van der Waals surface area contributed by atoms with Crippen LogP contribution < -0.4 is 24.3 Å². The Kier molecular flexibility index (Phi) is 5.88. The topological polar surface area (TPSA) is 66.0 Å². The molecule has 7 heteroatoms. The van der Waals surface area contributed by atoms with Crippen LogP contribution >= 0.6 is 15.9 Å². The molecule has 0 spiro atoms. The van der Waals surface area contributed by atoms with E-state index in [9.17, 15) is 4.79 Å². The normalized spacial score (nSPS) is 12.0. The summed E-state index contributed by atoms with van der Waals surface area (Å²) in [7, 11) is 0. The highest BCUT2D eigenvalue weighted by Gasteiger charge is 2.16. The van der Waals surface area contributed by atoms with Gasteiger partial charge in [-0.1, -0.05) is 15.9 Å². The first kappa shape index (κ1) is 18.4. The second-order valence-electron chi connectivity index (χ2n) is 5.55. The molecule has 6 nitrogen and oxygen atoms in total. The molecule has 1 N–H and O–H groups in total. The number of nitrogens with one attached hydrogen (secondary N) is 1. The van der Waals surface area contributed by atoms with Crippen LogP contribution in [0.25, 0.3) is 0 Å². The van der Waals surface area contributed by atoms with E-state index in [1.54, 1.807) is 18.2 Å². The zero-order chi connectivity index (χ0) is 18.5. The van der Waals surface area contributed by atoms with E-state index in [2.05, 4.69) is 21.2 Å². The third-order valence-electron chi connectivity index (χ3n) is 3.72. The maximum Gasteiger partial charge on any atom is 0.231 e. The number of anilines is 1. The van der Waals surface area contributed by atoms with Crippen molar-refractivity contribution < 1.29 is 23.7 Å². The SMILES string of the molecule is CCOc1cc(Br)c(CC(=O)Nc2ccc3c(c2)OCO3)cc1OCC. The Morgan fingerprint density at radius 2 is 1.77 bits per heavy atom. The molecule has 1 amide bonds. The molecule has 138 valence electrons. The van der Waals surface area contributed by atoms with Gasteiger partial charge in [-0.3, -0.25) is 4.79 Å². The Morgan fingerprint density at radius 1 is 1.08 bits per heavy atom. The highest BCUT2D eigenvalue weighted by molar-refractivity contribution is 9.10. The van der Waals surface area contributed by atoms with Crippen LogP contribution in [0.15, 0.2) is 34.8 Å². The molecule has 0 radical (unpaired) electrons. The summed E-state index contributed by atoms with van der Waals surface area (Å²) in [5, 5.41) is 2.87. The minimum absolute atomic E-state index is 0.142. The fourth-order valence-corrected chi connectivity index (χ4v) is 3.06. The number of hydrogen-bond acceptors (Lipinski definition) is 5. The van der Waals surface area contributed by atoms with Crippen molar-refractivity contribution in [1.82, 2.24) is 0 Å². The molecule has 3 rings (SSSR count). The molecule has 0 atom stereocenters. The molecule has 26 heavy (non-hydrogen) atoms. The Labute approximate surface area is 160 Å². The second-order valence-corrected chi connectivity index (χ2v) is 6.40. The molecule has 1 aliphatic rings. The zero-order valence-electron chi connectivity index (χ0n) is 14.6. The van der Waals surface area contributed by atoms with Gasteiger partial charge in [0, 0.05) is 16.2 Å². The standard InChI is InChI=1S/C19H20BrNO5/c1-3-23-16-7-12(14(20)10-18(16)24-4-2)8-19(22)21-13-5-6-15-17(9-13)26-11-25-15/h5-7,9-10H,3-4,8,11H2,1-2H3,(H,21,22). The van der Waals surface area contributed by atoms with Crippen molar-refractivity contribution in [1.29, 1.82) is 0 Å². The van der Waals surface area contributed by atoms with Crippen LogP contribution in [0.5, 0.6) is 23.0 Å². The van der Waals surface area contributed by atoms with Gasteiger partial charge in [0.05, 0.1) is 19.6 Å². The van der Waals surface area contributed by atoms with Crippen molar-refractivity contribution in [3.05, 3.63) is 40.4 Å². The van der Waals surface area contributed by atoms with Gasteiger partial charge in [-0.25, -0.2) is 0 Å². The molecule has 1 heterocycles. The molecule has 0 fully saturated rings. The van der Waals surface area contributed by atoms with E-state index >= 15 is 0 Å². The molecule has 0 unspecified atom stereocenters. The van der Waals surface area contributed by atoms with E-state index in [1.165, 1.54) is 0 Å². The summed E-state index contributed by atoms with van der Waals surface area (Å²) in [6.07, 6.45) is 0.196. The summed E-state index contributed by atoms with van der Waals surface area (Å²) >= 11 is 3.50. The molecule has 2 aromatic rings. The highest BCUT2D eigenvalue weighted by Crippen LogP contribution is 2.35. The van der Waals surface area contributed by atoms with Crippen LogP contribution in [-0.2, 0) is 11.2 Å². The van der Waals surface area contributed by atoms with Crippen LogP contribution in [0.1, 0.15) is 19.4 Å². The molecule has 0 saturated heterocycles. The largest absolute Gasteiger partial charge is 0.490 e. The predicted octanol–water partition coefficient (Wildman–Crippen LogP) is 4.16. The van der Waals surface area contributed by atoms with Crippen LogP contribution in [0.2, 0.25) is 0 Å². The first-order chi connectivity index (χ1) is 12.6. The molecule has 0 aromatic heterocycles. The van der Waals surface area contributed by atoms with Crippen LogP contribution in [-0.4, -0.2) is 25.9 Å². The van der Waals surface area contributed by atoms with Gasteiger partial charge < -0.3 is 24.3 Å². The Morgan fingerprint density at radius 3 is 2.50 bits per heavy atom. The molecule has 1 aliphatic heterocycles. The fourth-order valence-electron chi connectivity index (χ4n) is 2.60. The lowest BCUT2D eigenvalue weighted by atomic mass is 10.1. The van der Waals surface area contributed by atoms with Crippen molar-refractivity contribution in [3.63, 3.8) is 0 Å². The first-order valence-corrected chi connectivity index (χ1v) is 9.17. The third-order valence-corrected chi connectivity index (χ3v) is 4.46. The van der Waals surface area contributed by atoms with Gasteiger partial charge in [-0.05, 0) is 43.7 Å². The van der Waals surface area contributed by atoms with E-state index in [0.29, 0.717) is 41.9 Å². The van der Waals surface area contributed by atoms with Crippen LogP contribution in [0.4, 0.5) is 5.69 Å². The van der Waals surface area contributed by atoms with E-state index < -0.39 is 0 Å². The number of carbonyl (C=O) groups is 1. The summed E-state index contributed by atoms with van der Waals surface area (Å²) in [4.78, 5) is 12.4. The number of fused-ring (bicyclic) bond motifs is 1. The lowest BCUT2D eigenvalue weighted by molar-refractivity contribution is -0.115. The van der Waals surface area contributed by atoms with Crippen LogP contribution in [0.3, 0.4) is 0 Å². The van der Waals surface area contributed by atoms with Gasteiger partial charge in [-0.2, -0.15) is 0 Å². The highest BCUT2D eigenvalue weighted by atomic mass is 79.9. The Hall–Kier alpha value is -2.41. The van der Waals surface area contributed by atoms with Crippen molar-refractivity contribution in [2.24, 2.45) is 0 Å². The Balaban J connectivity index is 1.73. The fraction of sp³-hybridized carbons (Fsp3) is 0.316. The first-order valence-electron chi connectivity index (χ1n) is 8.38. The molecular weight excluding hydrogens is 402 g/mol. The monoisotopic (exact) mass is 421 g/mol. The molecule has 0 aliphatic carbocycles. The number of amides is 1. The zero-order valence-corrected chi connectivity index (χ0v) is 16.2. The van der Waals surface area contributed by atoms with Gasteiger partial charge in [0.1, 0.15) is 0 Å². The maximum atomic E-state index is 12.4. The van der Waals surface area contributed by atoms with Crippen molar-refractivity contribution in [2.45, 2.75) is 20.3 Å². The maximum absolute atomic E-state index is 12.4. The van der Waals surface area contributed by atoms with Crippen molar-refractivity contribution >= 4 is 27.5 Å². The van der Waals surface area contributed by atoms with E-state index in [-0.39, 0.29) is 19.1 Å². The molecule has 0 bridgehead atoms. The minimum Gasteiger partial charge on any atom is -0.490 e. The lowest BCUT2D eigenvalue weighted by Crippen LogP contribution is -2.15. The number of rotatable bonds is 7. The van der Waals surface area contributed by atoms with E-state index in [4.69, 9.17) is 18.9 Å². The number of ether oxygens (including phenoxy) is 4. The number of carbonyl (C=O) groups excluding carboxylic acids is 1. The Bertz CT molecular complexity index is 809. The van der Waals surface area contributed by atoms with Crippen molar-refractivity contribution in [3.8, 4) is 23.0 Å². The lowest BCUT2D eigenvalue weighted by Gasteiger charge is -2.14. The second kappa shape index (κ2) is 8.31. The molecule has 2 aromatic carbocycles. The smallest absolute Gasteiger partial charge is 0.231 e. The number of benzene rings is 2. The average Bonchev–Trinajstić information content (AvgIpc) is 3.07. The summed E-state index contributed by atoms with van der Waals surface area (Å²) in [5.41, 5.74) is 1.47. The van der Waals surface area contributed by atoms with Crippen LogP contribution in [0, 0.1) is 0 Å². The van der Waals surface area contributed by atoms with Gasteiger partial charge in [-0.15, -0.1) is 0 Å². The third kappa shape index (κ3) is 4.22. The van der Waals surface area contributed by atoms with E-state index in [1.807, 2.05) is 26.0 Å². The summed E-state index contributed by atoms with van der Waals surface area (Å²) in [5.74, 6) is 2.45. The average molecular weight is 422 g/mol. The van der Waals surface area contributed by atoms with Gasteiger partial charge in [0.25, 0.3) is 0 Å². The van der Waals surface area contributed by atoms with Gasteiger partial charge >= 0.3 is 0 Å². The van der Waals surface area contributed by atoms with E-state index in [0.717, 1.165) is 10.0 Å².